The Kier molecular flexibility index (Phi) is 3.62. The average molecular weight is 330 g/mol. The molecule has 0 aromatic heterocycles. The van der Waals surface area contributed by atoms with Crippen LogP contribution in [0.4, 0.5) is 11.4 Å². The summed E-state index contributed by atoms with van der Waals surface area (Å²) in [4.78, 5) is 2.50. The Morgan fingerprint density at radius 3 is 2.62 bits per heavy atom. The lowest BCUT2D eigenvalue weighted by atomic mass is 10.2. The zero-order chi connectivity index (χ0) is 11.7. The topological polar surface area (TPSA) is 29.3 Å². The smallest absolute Gasteiger partial charge is 0.0505 e. The van der Waals surface area contributed by atoms with Gasteiger partial charge in [0.15, 0.2) is 0 Å². The maximum Gasteiger partial charge on any atom is 0.0505 e. The first-order valence-corrected chi connectivity index (χ1v) is 6.97. The van der Waals surface area contributed by atoms with Gasteiger partial charge in [0.1, 0.15) is 0 Å². The monoisotopic (exact) mass is 330 g/mol. The summed E-state index contributed by atoms with van der Waals surface area (Å²) >= 11 is 2.38. The van der Waals surface area contributed by atoms with Crippen LogP contribution in [0, 0.1) is 9.49 Å². The molecule has 2 nitrogen and oxygen atoms in total. The molecule has 3 heteroatoms. The van der Waals surface area contributed by atoms with Gasteiger partial charge in [-0.1, -0.05) is 0 Å². The third-order valence-corrected chi connectivity index (χ3v) is 3.92. The van der Waals surface area contributed by atoms with Crippen LogP contribution < -0.4 is 10.6 Å². The molecule has 88 valence electrons. The molecule has 0 heterocycles. The average Bonchev–Trinajstić information content (AvgIpc) is 2.98. The summed E-state index contributed by atoms with van der Waals surface area (Å²) in [6.07, 6.45) is 2.80. The van der Waals surface area contributed by atoms with Gasteiger partial charge in [0.05, 0.1) is 5.69 Å². The molecule has 0 radical (unpaired) electrons. The first kappa shape index (κ1) is 12.0. The molecule has 0 aliphatic heterocycles. The summed E-state index contributed by atoms with van der Waals surface area (Å²) in [6, 6.07) is 6.76. The molecule has 0 bridgehead atoms. The van der Waals surface area contributed by atoms with E-state index in [4.69, 9.17) is 5.73 Å². The lowest BCUT2D eigenvalue weighted by Crippen LogP contribution is -2.33. The number of hydrogen-bond donors (Lipinski definition) is 1. The highest BCUT2D eigenvalue weighted by Crippen LogP contribution is 2.34. The number of halogens is 1. The number of nitrogens with two attached hydrogens (primary N) is 1. The second-order valence-electron chi connectivity index (χ2n) is 4.90. The fourth-order valence-corrected chi connectivity index (χ4v) is 2.77. The van der Waals surface area contributed by atoms with Gasteiger partial charge >= 0.3 is 0 Å². The molecule has 0 atom stereocenters. The second-order valence-corrected chi connectivity index (χ2v) is 6.06. The van der Waals surface area contributed by atoms with E-state index in [0.717, 1.165) is 11.6 Å². The predicted octanol–water partition coefficient (Wildman–Crippen LogP) is 3.50. The summed E-state index contributed by atoms with van der Waals surface area (Å²) in [5.74, 6) is 0.913. The van der Waals surface area contributed by atoms with Gasteiger partial charge in [0.25, 0.3) is 0 Å². The summed E-state index contributed by atoms with van der Waals surface area (Å²) < 4.78 is 1.26. The zero-order valence-electron chi connectivity index (χ0n) is 9.91. The van der Waals surface area contributed by atoms with Gasteiger partial charge in [0.2, 0.25) is 0 Å². The molecule has 0 saturated heterocycles. The van der Waals surface area contributed by atoms with Gasteiger partial charge in [-0.3, -0.25) is 0 Å². The van der Waals surface area contributed by atoms with Crippen LogP contribution in [-0.2, 0) is 0 Å². The molecule has 1 saturated carbocycles. The Morgan fingerprint density at radius 1 is 1.44 bits per heavy atom. The molecule has 1 aromatic carbocycles. The van der Waals surface area contributed by atoms with Gasteiger partial charge in [-0.25, -0.2) is 0 Å². The first-order valence-electron chi connectivity index (χ1n) is 5.89. The largest absolute Gasteiger partial charge is 0.399 e. The number of nitrogen functional groups attached to an aromatic ring is 1. The van der Waals surface area contributed by atoms with Gasteiger partial charge < -0.3 is 10.6 Å². The van der Waals surface area contributed by atoms with Crippen molar-refractivity contribution in [3.05, 3.63) is 21.8 Å². The van der Waals surface area contributed by atoms with Crippen molar-refractivity contribution in [2.45, 2.75) is 32.7 Å². The Hall–Kier alpha value is -0.450. The maximum absolute atomic E-state index is 5.79. The van der Waals surface area contributed by atoms with Crippen molar-refractivity contribution in [3.8, 4) is 0 Å². The van der Waals surface area contributed by atoms with E-state index < -0.39 is 0 Å². The van der Waals surface area contributed by atoms with Gasteiger partial charge in [-0.2, -0.15) is 0 Å². The molecular formula is C13H19IN2. The van der Waals surface area contributed by atoms with E-state index in [-0.39, 0.29) is 0 Å². The molecule has 1 aromatic rings. The molecule has 0 spiro atoms. The van der Waals surface area contributed by atoms with Crippen LogP contribution >= 0.6 is 22.6 Å². The van der Waals surface area contributed by atoms with Crippen LogP contribution in [-0.4, -0.2) is 12.6 Å². The maximum atomic E-state index is 5.79. The minimum Gasteiger partial charge on any atom is -0.399 e. The van der Waals surface area contributed by atoms with Crippen LogP contribution in [0.25, 0.3) is 0 Å². The normalized spacial score (nSPS) is 15.5. The molecule has 2 rings (SSSR count). The van der Waals surface area contributed by atoms with Crippen molar-refractivity contribution < 1.29 is 0 Å². The van der Waals surface area contributed by atoms with E-state index in [2.05, 4.69) is 53.5 Å². The van der Waals surface area contributed by atoms with Crippen molar-refractivity contribution in [1.29, 1.82) is 0 Å². The molecule has 1 fully saturated rings. The first-order chi connectivity index (χ1) is 7.58. The second kappa shape index (κ2) is 4.82. The molecular weight excluding hydrogens is 311 g/mol. The summed E-state index contributed by atoms with van der Waals surface area (Å²) in [6.45, 7) is 5.71. The standard InChI is InChI=1S/C13H19IN2/c1-9(2)16(8-10-3-4-10)13-6-5-11(15)7-12(13)14/h5-7,9-10H,3-4,8,15H2,1-2H3. The Bertz CT molecular complexity index is 372. The van der Waals surface area contributed by atoms with Crippen LogP contribution in [0.3, 0.4) is 0 Å². The lowest BCUT2D eigenvalue weighted by molar-refractivity contribution is 0.643. The third kappa shape index (κ3) is 2.81. The fraction of sp³-hybridized carbons (Fsp3) is 0.538. The van der Waals surface area contributed by atoms with Crippen molar-refractivity contribution in [3.63, 3.8) is 0 Å². The third-order valence-electron chi connectivity index (χ3n) is 3.06. The van der Waals surface area contributed by atoms with E-state index >= 15 is 0 Å². The molecule has 2 N–H and O–H groups in total. The molecule has 1 aliphatic rings. The molecule has 0 amide bonds. The number of anilines is 2. The quantitative estimate of drug-likeness (QED) is 0.676. The number of hydrogen-bond acceptors (Lipinski definition) is 2. The highest BCUT2D eigenvalue weighted by atomic mass is 127. The number of rotatable bonds is 4. The van der Waals surface area contributed by atoms with E-state index in [1.165, 1.54) is 28.6 Å². The molecule has 1 aliphatic carbocycles. The summed E-state index contributed by atoms with van der Waals surface area (Å²) in [7, 11) is 0. The predicted molar refractivity (Wildman–Crippen MR) is 78.8 cm³/mol. The van der Waals surface area contributed by atoms with Gasteiger partial charge in [-0.15, -0.1) is 0 Å². The Balaban J connectivity index is 2.22. The van der Waals surface area contributed by atoms with Crippen molar-refractivity contribution in [2.75, 3.05) is 17.2 Å². The van der Waals surface area contributed by atoms with Gasteiger partial charge in [-0.05, 0) is 73.4 Å². The number of nitrogens with zero attached hydrogens (tertiary/aromatic N) is 1. The fourth-order valence-electron chi connectivity index (χ4n) is 1.92. The molecule has 16 heavy (non-hydrogen) atoms. The Labute approximate surface area is 111 Å². The minimum atomic E-state index is 0.553. The lowest BCUT2D eigenvalue weighted by Gasteiger charge is -2.30. The SMILES string of the molecule is CC(C)N(CC1CC1)c1ccc(N)cc1I. The number of benzene rings is 1. The highest BCUT2D eigenvalue weighted by molar-refractivity contribution is 14.1. The van der Waals surface area contributed by atoms with E-state index in [0.29, 0.717) is 6.04 Å². The molecule has 0 unspecified atom stereocenters. The highest BCUT2D eigenvalue weighted by Gasteiger charge is 2.26. The van der Waals surface area contributed by atoms with Crippen molar-refractivity contribution in [1.82, 2.24) is 0 Å². The Morgan fingerprint density at radius 2 is 2.12 bits per heavy atom. The minimum absolute atomic E-state index is 0.553. The van der Waals surface area contributed by atoms with Crippen LogP contribution in [0.1, 0.15) is 26.7 Å². The van der Waals surface area contributed by atoms with Crippen LogP contribution in [0.15, 0.2) is 18.2 Å². The van der Waals surface area contributed by atoms with Crippen LogP contribution in [0.2, 0.25) is 0 Å². The van der Waals surface area contributed by atoms with Gasteiger partial charge in [0, 0.05) is 21.8 Å². The van der Waals surface area contributed by atoms with Crippen molar-refractivity contribution >= 4 is 34.0 Å². The van der Waals surface area contributed by atoms with E-state index in [9.17, 15) is 0 Å². The van der Waals surface area contributed by atoms with Crippen LogP contribution in [0.5, 0.6) is 0 Å². The zero-order valence-corrected chi connectivity index (χ0v) is 12.1. The summed E-state index contributed by atoms with van der Waals surface area (Å²) in [5.41, 5.74) is 7.97. The summed E-state index contributed by atoms with van der Waals surface area (Å²) in [5, 5.41) is 0. The van der Waals surface area contributed by atoms with E-state index in [1.54, 1.807) is 0 Å². The van der Waals surface area contributed by atoms with E-state index in [1.807, 2.05) is 6.07 Å². The van der Waals surface area contributed by atoms with Crippen molar-refractivity contribution in [2.24, 2.45) is 5.92 Å².